The number of ether oxygens (including phenoxy) is 3. The van der Waals surface area contributed by atoms with Gasteiger partial charge in [0, 0.05) is 18.8 Å². The summed E-state index contributed by atoms with van der Waals surface area (Å²) in [7, 11) is 0. The van der Waals surface area contributed by atoms with Crippen molar-refractivity contribution in [3.63, 3.8) is 0 Å². The molecule has 146 valence electrons. The maximum absolute atomic E-state index is 12.4. The molecule has 0 unspecified atom stereocenters. The van der Waals surface area contributed by atoms with Gasteiger partial charge in [0.25, 0.3) is 5.91 Å². The molecule has 2 heterocycles. The third-order valence-corrected chi connectivity index (χ3v) is 4.80. The molecule has 0 bridgehead atoms. The van der Waals surface area contributed by atoms with E-state index in [9.17, 15) is 4.79 Å². The lowest BCUT2D eigenvalue weighted by atomic mass is 10.1. The van der Waals surface area contributed by atoms with E-state index in [4.69, 9.17) is 14.2 Å². The lowest BCUT2D eigenvalue weighted by Gasteiger charge is -2.28. The minimum absolute atomic E-state index is 0.158. The van der Waals surface area contributed by atoms with E-state index in [0.29, 0.717) is 11.5 Å². The lowest BCUT2D eigenvalue weighted by Crippen LogP contribution is -2.42. The summed E-state index contributed by atoms with van der Waals surface area (Å²) in [6, 6.07) is 15.4. The number of fused-ring (bicyclic) bond motifs is 1. The number of rotatable bonds is 4. The van der Waals surface area contributed by atoms with Crippen molar-refractivity contribution in [3.05, 3.63) is 54.1 Å². The first kappa shape index (κ1) is 18.3. The highest BCUT2D eigenvalue weighted by molar-refractivity contribution is 5.99. The average Bonchev–Trinajstić information content (AvgIpc) is 2.77. The predicted octanol–water partition coefficient (Wildman–Crippen LogP) is 2.20. The van der Waals surface area contributed by atoms with E-state index in [2.05, 4.69) is 27.6 Å². The van der Waals surface area contributed by atoms with E-state index in [1.54, 1.807) is 6.07 Å². The number of hydrogen-bond donors (Lipinski definition) is 1. The summed E-state index contributed by atoms with van der Waals surface area (Å²) in [6.07, 6.45) is -0.727. The Morgan fingerprint density at radius 2 is 1.79 bits per heavy atom. The molecule has 0 aromatic heterocycles. The summed E-state index contributed by atoms with van der Waals surface area (Å²) >= 11 is 0. The molecular weight excluding hydrogens is 358 g/mol. The Labute approximate surface area is 163 Å². The van der Waals surface area contributed by atoms with Crippen LogP contribution in [0.5, 0.6) is 11.5 Å². The van der Waals surface area contributed by atoms with Gasteiger partial charge in [-0.25, -0.2) is 5.43 Å². The number of para-hydroxylation sites is 2. The monoisotopic (exact) mass is 381 g/mol. The molecule has 2 aromatic carbocycles. The molecule has 1 atom stereocenters. The molecule has 0 spiro atoms. The van der Waals surface area contributed by atoms with Gasteiger partial charge in [0.2, 0.25) is 6.10 Å². The van der Waals surface area contributed by atoms with Crippen LogP contribution < -0.4 is 19.8 Å². The Kier molecular flexibility index (Phi) is 5.43. The predicted molar refractivity (Wildman–Crippen MR) is 106 cm³/mol. The van der Waals surface area contributed by atoms with Gasteiger partial charge in [-0.1, -0.05) is 24.3 Å². The van der Waals surface area contributed by atoms with E-state index in [1.807, 2.05) is 37.3 Å². The van der Waals surface area contributed by atoms with Crippen molar-refractivity contribution in [1.29, 1.82) is 0 Å². The van der Waals surface area contributed by atoms with Crippen molar-refractivity contribution in [2.75, 3.05) is 37.8 Å². The van der Waals surface area contributed by atoms with Gasteiger partial charge in [-0.05, 0) is 36.8 Å². The second-order valence-corrected chi connectivity index (χ2v) is 6.68. The zero-order valence-corrected chi connectivity index (χ0v) is 15.8. The van der Waals surface area contributed by atoms with Gasteiger partial charge in [0.05, 0.1) is 18.9 Å². The smallest absolute Gasteiger partial charge is 0.284 e. The van der Waals surface area contributed by atoms with Crippen molar-refractivity contribution in [2.45, 2.75) is 13.0 Å². The van der Waals surface area contributed by atoms with Gasteiger partial charge in [-0.15, -0.1) is 0 Å². The number of hydrazone groups is 1. The van der Waals surface area contributed by atoms with E-state index in [-0.39, 0.29) is 12.5 Å². The molecular formula is C21H23N3O4. The lowest BCUT2D eigenvalue weighted by molar-refractivity contribution is -0.130. The molecule has 1 fully saturated rings. The van der Waals surface area contributed by atoms with E-state index < -0.39 is 6.10 Å². The summed E-state index contributed by atoms with van der Waals surface area (Å²) < 4.78 is 16.7. The molecule has 4 rings (SSSR count). The molecule has 7 heteroatoms. The normalized spacial score (nSPS) is 19.2. The minimum atomic E-state index is -0.727. The number of carbonyl (C=O) groups is 1. The van der Waals surface area contributed by atoms with Gasteiger partial charge in [0.1, 0.15) is 6.61 Å². The van der Waals surface area contributed by atoms with Gasteiger partial charge in [-0.2, -0.15) is 5.10 Å². The highest BCUT2D eigenvalue weighted by Gasteiger charge is 2.27. The summed E-state index contributed by atoms with van der Waals surface area (Å²) in [5.74, 6) is 0.874. The van der Waals surface area contributed by atoms with E-state index in [0.717, 1.165) is 43.3 Å². The quantitative estimate of drug-likeness (QED) is 0.649. The number of nitrogens with zero attached hydrogens (tertiary/aromatic N) is 2. The maximum atomic E-state index is 12.4. The van der Waals surface area contributed by atoms with Gasteiger partial charge >= 0.3 is 0 Å². The van der Waals surface area contributed by atoms with Crippen LogP contribution in [0.15, 0.2) is 53.6 Å². The molecule has 7 nitrogen and oxygen atoms in total. The number of amides is 1. The molecule has 2 aromatic rings. The molecule has 0 radical (unpaired) electrons. The Balaban J connectivity index is 1.36. The largest absolute Gasteiger partial charge is 0.485 e. The molecule has 0 aliphatic carbocycles. The fourth-order valence-corrected chi connectivity index (χ4v) is 3.16. The third kappa shape index (κ3) is 4.09. The van der Waals surface area contributed by atoms with Crippen LogP contribution in [0, 0.1) is 0 Å². The first-order chi connectivity index (χ1) is 13.7. The maximum Gasteiger partial charge on any atom is 0.284 e. The summed E-state index contributed by atoms with van der Waals surface area (Å²) in [6.45, 7) is 5.32. The van der Waals surface area contributed by atoms with E-state index >= 15 is 0 Å². The fourth-order valence-electron chi connectivity index (χ4n) is 3.16. The average molecular weight is 381 g/mol. The third-order valence-electron chi connectivity index (χ3n) is 4.80. The first-order valence-electron chi connectivity index (χ1n) is 9.36. The SMILES string of the molecule is C/C(=N/NC(=O)[C@@H]1COc2ccccc2O1)c1ccc(N2CCOCC2)cc1. The molecule has 2 aliphatic heterocycles. The number of anilines is 1. The van der Waals surface area contributed by atoms with Crippen LogP contribution in [0.3, 0.4) is 0 Å². The Bertz CT molecular complexity index is 860. The van der Waals surface area contributed by atoms with Gasteiger partial charge in [0.15, 0.2) is 11.5 Å². The Hall–Kier alpha value is -3.06. The van der Waals surface area contributed by atoms with Crippen LogP contribution in [-0.4, -0.2) is 50.6 Å². The first-order valence-corrected chi connectivity index (χ1v) is 9.36. The summed E-state index contributed by atoms with van der Waals surface area (Å²) in [5, 5.41) is 4.22. The zero-order chi connectivity index (χ0) is 19.3. The number of benzene rings is 2. The highest BCUT2D eigenvalue weighted by Crippen LogP contribution is 2.30. The van der Waals surface area contributed by atoms with Crippen molar-refractivity contribution in [3.8, 4) is 11.5 Å². The highest BCUT2D eigenvalue weighted by atomic mass is 16.6. The fraction of sp³-hybridized carbons (Fsp3) is 0.333. The molecule has 1 saturated heterocycles. The van der Waals surface area contributed by atoms with Crippen molar-refractivity contribution in [1.82, 2.24) is 5.43 Å². The molecule has 1 amide bonds. The van der Waals surface area contributed by atoms with Crippen LogP contribution in [-0.2, 0) is 9.53 Å². The summed E-state index contributed by atoms with van der Waals surface area (Å²) in [5.41, 5.74) is 5.41. The zero-order valence-electron chi connectivity index (χ0n) is 15.8. The molecule has 2 aliphatic rings. The minimum Gasteiger partial charge on any atom is -0.485 e. The molecule has 0 saturated carbocycles. The van der Waals surface area contributed by atoms with E-state index in [1.165, 1.54) is 0 Å². The summed E-state index contributed by atoms with van der Waals surface area (Å²) in [4.78, 5) is 14.7. The van der Waals surface area contributed by atoms with Crippen LogP contribution in [0.1, 0.15) is 12.5 Å². The van der Waals surface area contributed by atoms with Crippen LogP contribution >= 0.6 is 0 Å². The Morgan fingerprint density at radius 3 is 2.54 bits per heavy atom. The van der Waals surface area contributed by atoms with Crippen molar-refractivity contribution in [2.24, 2.45) is 5.10 Å². The van der Waals surface area contributed by atoms with Crippen LogP contribution in [0.2, 0.25) is 0 Å². The topological polar surface area (TPSA) is 72.4 Å². The van der Waals surface area contributed by atoms with Crippen molar-refractivity contribution >= 4 is 17.3 Å². The second-order valence-electron chi connectivity index (χ2n) is 6.68. The molecule has 1 N–H and O–H groups in total. The number of nitrogens with one attached hydrogen (secondary N) is 1. The molecule has 28 heavy (non-hydrogen) atoms. The number of carbonyl (C=O) groups excluding carboxylic acids is 1. The van der Waals surface area contributed by atoms with Crippen LogP contribution in [0.25, 0.3) is 0 Å². The van der Waals surface area contributed by atoms with Crippen molar-refractivity contribution < 1.29 is 19.0 Å². The standard InChI is InChI=1S/C21H23N3O4/c1-15(16-6-8-17(9-7-16)24-10-12-26-13-11-24)22-23-21(25)20-14-27-18-4-2-3-5-19(18)28-20/h2-9,20H,10-14H2,1H3,(H,23,25)/b22-15-/t20-/m0/s1. The Morgan fingerprint density at radius 1 is 1.07 bits per heavy atom. The number of morpholine rings is 1. The van der Waals surface area contributed by atoms with Gasteiger partial charge in [-0.3, -0.25) is 4.79 Å². The van der Waals surface area contributed by atoms with Gasteiger partial charge < -0.3 is 19.1 Å². The van der Waals surface area contributed by atoms with Crippen LogP contribution in [0.4, 0.5) is 5.69 Å². The number of hydrogen-bond acceptors (Lipinski definition) is 6. The second kappa shape index (κ2) is 8.31.